The molecule has 106 valence electrons. The Balaban J connectivity index is 1.66. The van der Waals surface area contributed by atoms with Crippen LogP contribution < -0.4 is 5.32 Å². The zero-order valence-electron chi connectivity index (χ0n) is 11.6. The van der Waals surface area contributed by atoms with Crippen LogP contribution in [0.4, 0.5) is 0 Å². The van der Waals surface area contributed by atoms with Gasteiger partial charge in [-0.25, -0.2) is 0 Å². The fourth-order valence-corrected chi connectivity index (χ4v) is 4.60. The van der Waals surface area contributed by atoms with Gasteiger partial charge in [-0.2, -0.15) is 0 Å². The first-order chi connectivity index (χ1) is 9.24. The smallest absolute Gasteiger partial charge is 0.0417 e. The van der Waals surface area contributed by atoms with Crippen molar-refractivity contribution in [2.24, 2.45) is 0 Å². The van der Waals surface area contributed by atoms with E-state index < -0.39 is 0 Å². The predicted molar refractivity (Wildman–Crippen MR) is 85.8 cm³/mol. The molecule has 2 nitrogen and oxygen atoms in total. The summed E-state index contributed by atoms with van der Waals surface area (Å²) in [5.74, 6) is 0. The van der Waals surface area contributed by atoms with Crippen molar-refractivity contribution in [3.8, 4) is 0 Å². The molecule has 4 heteroatoms. The van der Waals surface area contributed by atoms with Crippen LogP contribution in [0.3, 0.4) is 0 Å². The summed E-state index contributed by atoms with van der Waals surface area (Å²) in [6.07, 6.45) is 6.89. The third-order valence-electron chi connectivity index (χ3n) is 4.36. The van der Waals surface area contributed by atoms with Crippen LogP contribution in [-0.4, -0.2) is 30.1 Å². The average molecular weight is 343 g/mol. The monoisotopic (exact) mass is 342 g/mol. The van der Waals surface area contributed by atoms with Gasteiger partial charge in [0.15, 0.2) is 0 Å². The second kappa shape index (κ2) is 6.25. The van der Waals surface area contributed by atoms with Gasteiger partial charge in [-0.15, -0.1) is 11.3 Å². The van der Waals surface area contributed by atoms with Crippen LogP contribution in [0.1, 0.15) is 49.9 Å². The predicted octanol–water partition coefficient (Wildman–Crippen LogP) is 4.18. The summed E-state index contributed by atoms with van der Waals surface area (Å²) in [6, 6.07) is 4.39. The number of halogens is 1. The Kier molecular flexibility index (Phi) is 4.62. The lowest BCUT2D eigenvalue weighted by Crippen LogP contribution is -2.45. The standard InChI is InChI=1S/C15H23BrN2S/c1-11(15-8-12(16)10-19-15)18(14-5-6-14)9-13-4-2-3-7-17-13/h8,10-11,13-14,17H,2-7,9H2,1H3. The summed E-state index contributed by atoms with van der Waals surface area (Å²) >= 11 is 5.46. The molecular formula is C15H23BrN2S. The van der Waals surface area contributed by atoms with E-state index in [1.807, 2.05) is 11.3 Å². The number of hydrogen-bond acceptors (Lipinski definition) is 3. The molecule has 1 saturated heterocycles. The summed E-state index contributed by atoms with van der Waals surface area (Å²) in [7, 11) is 0. The van der Waals surface area contributed by atoms with Gasteiger partial charge >= 0.3 is 0 Å². The molecule has 0 aromatic carbocycles. The summed E-state index contributed by atoms with van der Waals surface area (Å²) in [5, 5.41) is 5.90. The third-order valence-corrected chi connectivity index (χ3v) is 6.22. The Labute approximate surface area is 128 Å². The van der Waals surface area contributed by atoms with Crippen LogP contribution in [0.25, 0.3) is 0 Å². The molecule has 19 heavy (non-hydrogen) atoms. The molecular weight excluding hydrogens is 320 g/mol. The van der Waals surface area contributed by atoms with Gasteiger partial charge in [0.25, 0.3) is 0 Å². The second-order valence-corrected chi connectivity index (χ2v) is 7.78. The molecule has 0 bridgehead atoms. The van der Waals surface area contributed by atoms with Crippen molar-refractivity contribution in [1.82, 2.24) is 10.2 Å². The Morgan fingerprint density at radius 3 is 2.84 bits per heavy atom. The molecule has 1 aliphatic heterocycles. The van der Waals surface area contributed by atoms with Crippen molar-refractivity contribution in [1.29, 1.82) is 0 Å². The Morgan fingerprint density at radius 2 is 2.26 bits per heavy atom. The van der Waals surface area contributed by atoms with E-state index in [-0.39, 0.29) is 0 Å². The summed E-state index contributed by atoms with van der Waals surface area (Å²) < 4.78 is 1.23. The van der Waals surface area contributed by atoms with E-state index >= 15 is 0 Å². The zero-order chi connectivity index (χ0) is 13.2. The molecule has 2 heterocycles. The highest BCUT2D eigenvalue weighted by molar-refractivity contribution is 9.10. The van der Waals surface area contributed by atoms with Gasteiger partial charge in [0.05, 0.1) is 0 Å². The first-order valence-corrected chi connectivity index (χ1v) is 9.14. The van der Waals surface area contributed by atoms with Crippen LogP contribution in [0.5, 0.6) is 0 Å². The molecule has 1 N–H and O–H groups in total. The van der Waals surface area contributed by atoms with Gasteiger partial charge in [0, 0.05) is 39.4 Å². The van der Waals surface area contributed by atoms with E-state index in [4.69, 9.17) is 0 Å². The Morgan fingerprint density at radius 1 is 1.42 bits per heavy atom. The van der Waals surface area contributed by atoms with E-state index in [1.165, 1.54) is 54.5 Å². The lowest BCUT2D eigenvalue weighted by atomic mass is 10.0. The summed E-state index contributed by atoms with van der Waals surface area (Å²) in [6.45, 7) is 4.81. The maximum absolute atomic E-state index is 3.70. The first-order valence-electron chi connectivity index (χ1n) is 7.47. The van der Waals surface area contributed by atoms with Crippen molar-refractivity contribution >= 4 is 27.3 Å². The van der Waals surface area contributed by atoms with E-state index in [9.17, 15) is 0 Å². The van der Waals surface area contributed by atoms with Crippen LogP contribution in [-0.2, 0) is 0 Å². The largest absolute Gasteiger partial charge is 0.313 e. The highest BCUT2D eigenvalue weighted by Crippen LogP contribution is 2.37. The topological polar surface area (TPSA) is 15.3 Å². The van der Waals surface area contributed by atoms with Gasteiger partial charge in [-0.3, -0.25) is 4.90 Å². The van der Waals surface area contributed by atoms with Crippen LogP contribution in [0.2, 0.25) is 0 Å². The highest BCUT2D eigenvalue weighted by Gasteiger charge is 2.34. The molecule has 2 unspecified atom stereocenters. The van der Waals surface area contributed by atoms with Gasteiger partial charge in [-0.05, 0) is 61.1 Å². The molecule has 2 fully saturated rings. The fourth-order valence-electron chi connectivity index (χ4n) is 3.07. The van der Waals surface area contributed by atoms with Gasteiger partial charge in [-0.1, -0.05) is 6.42 Å². The van der Waals surface area contributed by atoms with E-state index in [1.54, 1.807) is 0 Å². The van der Waals surface area contributed by atoms with Crippen molar-refractivity contribution in [2.45, 2.75) is 57.2 Å². The normalized spacial score (nSPS) is 25.7. The zero-order valence-corrected chi connectivity index (χ0v) is 14.0. The number of nitrogens with zero attached hydrogens (tertiary/aromatic N) is 1. The first kappa shape index (κ1) is 14.1. The lowest BCUT2D eigenvalue weighted by Gasteiger charge is -2.34. The number of thiophene rings is 1. The molecule has 2 aliphatic rings. The number of hydrogen-bond donors (Lipinski definition) is 1. The molecule has 1 aliphatic carbocycles. The molecule has 0 amide bonds. The highest BCUT2D eigenvalue weighted by atomic mass is 79.9. The minimum absolute atomic E-state index is 0.563. The molecule has 2 atom stereocenters. The average Bonchev–Trinajstić information content (AvgIpc) is 3.18. The maximum atomic E-state index is 3.70. The fraction of sp³-hybridized carbons (Fsp3) is 0.733. The SMILES string of the molecule is CC(c1cc(Br)cs1)N(CC1CCCCN1)C1CC1. The van der Waals surface area contributed by atoms with Crippen LogP contribution in [0, 0.1) is 0 Å². The number of nitrogens with one attached hydrogen (secondary N) is 1. The molecule has 1 saturated carbocycles. The van der Waals surface area contributed by atoms with E-state index in [0.717, 1.165) is 6.04 Å². The molecule has 3 rings (SSSR count). The molecule has 1 aromatic heterocycles. The van der Waals surface area contributed by atoms with Gasteiger partial charge in [0.1, 0.15) is 0 Å². The molecule has 1 aromatic rings. The van der Waals surface area contributed by atoms with Crippen LogP contribution in [0.15, 0.2) is 15.9 Å². The number of piperidine rings is 1. The van der Waals surface area contributed by atoms with Crippen molar-refractivity contribution in [2.75, 3.05) is 13.1 Å². The number of rotatable bonds is 5. The minimum atomic E-state index is 0.563. The lowest BCUT2D eigenvalue weighted by molar-refractivity contribution is 0.169. The Bertz CT molecular complexity index is 410. The van der Waals surface area contributed by atoms with Crippen molar-refractivity contribution in [3.63, 3.8) is 0 Å². The summed E-state index contributed by atoms with van der Waals surface area (Å²) in [4.78, 5) is 4.23. The molecule has 0 spiro atoms. The van der Waals surface area contributed by atoms with E-state index in [0.29, 0.717) is 12.1 Å². The summed E-state index contributed by atoms with van der Waals surface area (Å²) in [5.41, 5.74) is 0. The third kappa shape index (κ3) is 3.60. The quantitative estimate of drug-likeness (QED) is 0.863. The van der Waals surface area contributed by atoms with E-state index in [2.05, 4.69) is 44.5 Å². The minimum Gasteiger partial charge on any atom is -0.313 e. The van der Waals surface area contributed by atoms with Gasteiger partial charge in [0.2, 0.25) is 0 Å². The molecule has 0 radical (unpaired) electrons. The van der Waals surface area contributed by atoms with Crippen molar-refractivity contribution in [3.05, 3.63) is 20.8 Å². The van der Waals surface area contributed by atoms with Crippen molar-refractivity contribution < 1.29 is 0 Å². The van der Waals surface area contributed by atoms with Gasteiger partial charge < -0.3 is 5.32 Å². The van der Waals surface area contributed by atoms with Crippen LogP contribution >= 0.6 is 27.3 Å². The Hall–Kier alpha value is 0.1000. The second-order valence-electron chi connectivity index (χ2n) is 5.92. The maximum Gasteiger partial charge on any atom is 0.0417 e.